The first-order valence-corrected chi connectivity index (χ1v) is 11.3. The summed E-state index contributed by atoms with van der Waals surface area (Å²) in [5, 5.41) is 0. The molecule has 3 rings (SSSR count). The van der Waals surface area contributed by atoms with Crippen LogP contribution in [0.5, 0.6) is 17.2 Å². The van der Waals surface area contributed by atoms with Crippen molar-refractivity contribution in [3.05, 3.63) is 48.5 Å². The maximum atomic E-state index is 12.6. The molecule has 8 heteroatoms. The van der Waals surface area contributed by atoms with Crippen molar-refractivity contribution < 1.29 is 22.6 Å². The lowest BCUT2D eigenvalue weighted by atomic mass is 10.2. The molecule has 1 unspecified atom stereocenters. The standard InChI is InChI=1S/C21H28N2O5S/c1-3-27-18-4-6-19(7-5-18)28-20-8-10-21(11-9-20)29(24,25)22-16-17(2)23-12-14-26-15-13-23/h4-11,17,22H,3,12-16H2,1-2H3. The van der Waals surface area contributed by atoms with E-state index in [0.717, 1.165) is 18.8 Å². The van der Waals surface area contributed by atoms with E-state index < -0.39 is 10.0 Å². The topological polar surface area (TPSA) is 77.1 Å². The minimum atomic E-state index is -3.58. The highest BCUT2D eigenvalue weighted by Crippen LogP contribution is 2.25. The van der Waals surface area contributed by atoms with Gasteiger partial charge in [-0.15, -0.1) is 0 Å². The van der Waals surface area contributed by atoms with Gasteiger partial charge in [0.05, 0.1) is 24.7 Å². The second kappa shape index (κ2) is 10.1. The number of rotatable bonds is 9. The fourth-order valence-electron chi connectivity index (χ4n) is 3.05. The van der Waals surface area contributed by atoms with Crippen molar-refractivity contribution in [1.29, 1.82) is 0 Å². The summed E-state index contributed by atoms with van der Waals surface area (Å²) >= 11 is 0. The summed E-state index contributed by atoms with van der Waals surface area (Å²) < 4.78 is 44.4. The van der Waals surface area contributed by atoms with E-state index in [-0.39, 0.29) is 10.9 Å². The molecule has 7 nitrogen and oxygen atoms in total. The Hall–Kier alpha value is -2.13. The molecule has 0 aromatic heterocycles. The first kappa shape index (κ1) is 21.6. The van der Waals surface area contributed by atoms with Crippen molar-refractivity contribution in [2.45, 2.75) is 24.8 Å². The highest BCUT2D eigenvalue weighted by atomic mass is 32.2. The average Bonchev–Trinajstić information content (AvgIpc) is 2.75. The summed E-state index contributed by atoms with van der Waals surface area (Å²) in [6.45, 7) is 7.92. The van der Waals surface area contributed by atoms with Crippen molar-refractivity contribution in [2.24, 2.45) is 0 Å². The molecule has 0 spiro atoms. The number of nitrogens with one attached hydrogen (secondary N) is 1. The molecule has 0 aliphatic carbocycles. The van der Waals surface area contributed by atoms with Gasteiger partial charge in [0.25, 0.3) is 0 Å². The Kier molecular flexibility index (Phi) is 7.49. The zero-order chi connectivity index (χ0) is 20.7. The molecule has 1 fully saturated rings. The number of benzene rings is 2. The van der Waals surface area contributed by atoms with E-state index >= 15 is 0 Å². The van der Waals surface area contributed by atoms with Crippen molar-refractivity contribution in [3.63, 3.8) is 0 Å². The highest BCUT2D eigenvalue weighted by molar-refractivity contribution is 7.89. The maximum Gasteiger partial charge on any atom is 0.240 e. The molecular weight excluding hydrogens is 392 g/mol. The second-order valence-corrected chi connectivity index (χ2v) is 8.59. The molecule has 1 aliphatic rings. The number of ether oxygens (including phenoxy) is 3. The molecule has 1 aliphatic heterocycles. The van der Waals surface area contributed by atoms with E-state index in [4.69, 9.17) is 14.2 Å². The quantitative estimate of drug-likeness (QED) is 0.672. The summed E-state index contributed by atoms with van der Waals surface area (Å²) in [6, 6.07) is 13.8. The Labute approximate surface area is 172 Å². The van der Waals surface area contributed by atoms with Crippen LogP contribution in [0.4, 0.5) is 0 Å². The third-order valence-electron chi connectivity index (χ3n) is 4.74. The smallest absolute Gasteiger partial charge is 0.240 e. The van der Waals surface area contributed by atoms with Gasteiger partial charge in [0.2, 0.25) is 10.0 Å². The van der Waals surface area contributed by atoms with Gasteiger partial charge in [-0.1, -0.05) is 0 Å². The number of hydrogen-bond acceptors (Lipinski definition) is 6. The van der Waals surface area contributed by atoms with Gasteiger partial charge >= 0.3 is 0 Å². The lowest BCUT2D eigenvalue weighted by molar-refractivity contribution is 0.0213. The van der Waals surface area contributed by atoms with Crippen molar-refractivity contribution >= 4 is 10.0 Å². The van der Waals surface area contributed by atoms with Crippen LogP contribution >= 0.6 is 0 Å². The normalized spacial score (nSPS) is 16.3. The second-order valence-electron chi connectivity index (χ2n) is 6.83. The molecule has 158 valence electrons. The Morgan fingerprint density at radius 2 is 1.55 bits per heavy atom. The van der Waals surface area contributed by atoms with Crippen molar-refractivity contribution in [3.8, 4) is 17.2 Å². The average molecular weight is 421 g/mol. The van der Waals surface area contributed by atoms with Crippen LogP contribution in [0.25, 0.3) is 0 Å². The molecule has 29 heavy (non-hydrogen) atoms. The first-order chi connectivity index (χ1) is 14.0. The monoisotopic (exact) mass is 420 g/mol. The molecule has 0 saturated carbocycles. The van der Waals surface area contributed by atoms with Gasteiger partial charge in [-0.25, -0.2) is 13.1 Å². The maximum absolute atomic E-state index is 12.6. The molecule has 2 aromatic carbocycles. The number of nitrogens with zero attached hydrogens (tertiary/aromatic N) is 1. The summed E-state index contributed by atoms with van der Waals surface area (Å²) in [4.78, 5) is 2.44. The fraction of sp³-hybridized carbons (Fsp3) is 0.429. The molecular formula is C21H28N2O5S. The van der Waals surface area contributed by atoms with Crippen LogP contribution < -0.4 is 14.2 Å². The molecule has 1 N–H and O–H groups in total. The van der Waals surface area contributed by atoms with Crippen LogP contribution in [0, 0.1) is 0 Å². The molecule has 2 aromatic rings. The van der Waals surface area contributed by atoms with Gasteiger partial charge in [0.15, 0.2) is 0 Å². The lowest BCUT2D eigenvalue weighted by Crippen LogP contribution is -2.47. The van der Waals surface area contributed by atoms with E-state index in [1.54, 1.807) is 24.3 Å². The molecule has 1 saturated heterocycles. The van der Waals surface area contributed by atoms with Crippen LogP contribution in [0.15, 0.2) is 53.4 Å². The summed E-state index contributed by atoms with van der Waals surface area (Å²) in [5.74, 6) is 2.00. The SMILES string of the molecule is CCOc1ccc(Oc2ccc(S(=O)(=O)NCC(C)N3CCOCC3)cc2)cc1. The first-order valence-electron chi connectivity index (χ1n) is 9.80. The van der Waals surface area contributed by atoms with Gasteiger partial charge < -0.3 is 14.2 Å². The highest BCUT2D eigenvalue weighted by Gasteiger charge is 2.20. The van der Waals surface area contributed by atoms with Gasteiger partial charge in [-0.3, -0.25) is 4.90 Å². The Morgan fingerprint density at radius 1 is 1.00 bits per heavy atom. The summed E-state index contributed by atoms with van der Waals surface area (Å²) in [7, 11) is -3.58. The largest absolute Gasteiger partial charge is 0.494 e. The van der Waals surface area contributed by atoms with E-state index in [1.165, 1.54) is 0 Å². The van der Waals surface area contributed by atoms with Gasteiger partial charge in [-0.05, 0) is 62.4 Å². The third kappa shape index (κ3) is 6.17. The van der Waals surface area contributed by atoms with Crippen LogP contribution in [-0.2, 0) is 14.8 Å². The minimum Gasteiger partial charge on any atom is -0.494 e. The summed E-state index contributed by atoms with van der Waals surface area (Å²) in [6.07, 6.45) is 0. The van der Waals surface area contributed by atoms with Gasteiger partial charge in [0.1, 0.15) is 17.2 Å². The van der Waals surface area contributed by atoms with Crippen LogP contribution in [-0.4, -0.2) is 58.8 Å². The van der Waals surface area contributed by atoms with Gasteiger partial charge in [0, 0.05) is 25.7 Å². The molecule has 0 bridgehead atoms. The summed E-state index contributed by atoms with van der Waals surface area (Å²) in [5.41, 5.74) is 0. The van der Waals surface area contributed by atoms with Crippen LogP contribution in [0.1, 0.15) is 13.8 Å². The number of hydrogen-bond donors (Lipinski definition) is 1. The Bertz CT molecular complexity index is 863. The zero-order valence-corrected chi connectivity index (χ0v) is 17.7. The van der Waals surface area contributed by atoms with Gasteiger partial charge in [-0.2, -0.15) is 0 Å². The predicted molar refractivity (Wildman–Crippen MR) is 111 cm³/mol. The third-order valence-corrected chi connectivity index (χ3v) is 6.18. The molecule has 0 amide bonds. The number of sulfonamides is 1. The Morgan fingerprint density at radius 3 is 2.14 bits per heavy atom. The lowest BCUT2D eigenvalue weighted by Gasteiger charge is -2.32. The molecule has 1 heterocycles. The zero-order valence-electron chi connectivity index (χ0n) is 16.8. The minimum absolute atomic E-state index is 0.107. The van der Waals surface area contributed by atoms with Crippen molar-refractivity contribution in [1.82, 2.24) is 9.62 Å². The van der Waals surface area contributed by atoms with E-state index in [9.17, 15) is 8.42 Å². The molecule has 0 radical (unpaired) electrons. The van der Waals surface area contributed by atoms with Crippen LogP contribution in [0.3, 0.4) is 0 Å². The van der Waals surface area contributed by atoms with Crippen molar-refractivity contribution in [2.75, 3.05) is 39.5 Å². The predicted octanol–water partition coefficient (Wildman–Crippen LogP) is 2.88. The van der Waals surface area contributed by atoms with E-state index in [0.29, 0.717) is 37.9 Å². The fourth-order valence-corrected chi connectivity index (χ4v) is 4.18. The van der Waals surface area contributed by atoms with E-state index in [2.05, 4.69) is 9.62 Å². The van der Waals surface area contributed by atoms with Crippen LogP contribution in [0.2, 0.25) is 0 Å². The number of morpholine rings is 1. The molecule has 1 atom stereocenters. The Balaban J connectivity index is 1.56. The van der Waals surface area contributed by atoms with E-state index in [1.807, 2.05) is 38.1 Å².